The minimum Gasteiger partial charge on any atom is -0.451 e. The summed E-state index contributed by atoms with van der Waals surface area (Å²) in [6.45, 7) is 4.18. The van der Waals surface area contributed by atoms with Crippen LogP contribution in [0.1, 0.15) is 19.5 Å². The van der Waals surface area contributed by atoms with E-state index in [2.05, 4.69) is 41.4 Å². The highest BCUT2D eigenvalue weighted by Crippen LogP contribution is 2.28. The molecule has 0 radical (unpaired) electrons. The van der Waals surface area contributed by atoms with Gasteiger partial charge < -0.3 is 4.42 Å². The van der Waals surface area contributed by atoms with Crippen LogP contribution in [0.25, 0.3) is 0 Å². The van der Waals surface area contributed by atoms with Crippen molar-refractivity contribution < 1.29 is 4.42 Å². The molecule has 1 heterocycles. The lowest BCUT2D eigenvalue weighted by Crippen LogP contribution is -2.05. The Balaban J connectivity index is 2.90. The first-order valence-electron chi connectivity index (χ1n) is 2.68. The Morgan fingerprint density at radius 1 is 1.67 bits per heavy atom. The van der Waals surface area contributed by atoms with Gasteiger partial charge in [-0.3, -0.25) is 0 Å². The highest BCUT2D eigenvalue weighted by Gasteiger charge is 2.17. The zero-order valence-corrected chi connectivity index (χ0v) is 7.55. The number of hydrogen-bond acceptors (Lipinski definition) is 2. The highest BCUT2D eigenvalue weighted by atomic mass is 127. The minimum atomic E-state index is 0.0881. The van der Waals surface area contributed by atoms with E-state index < -0.39 is 0 Å². The molecule has 1 aromatic rings. The van der Waals surface area contributed by atoms with Crippen LogP contribution < -0.4 is 0 Å². The number of hydrogen-bond donors (Lipinski definition) is 0. The van der Waals surface area contributed by atoms with Gasteiger partial charge in [-0.1, -0.05) is 22.6 Å². The van der Waals surface area contributed by atoms with Crippen LogP contribution in [0.15, 0.2) is 17.1 Å². The Bertz CT molecular complexity index is 175. The molecule has 0 aliphatic heterocycles. The van der Waals surface area contributed by atoms with E-state index in [-0.39, 0.29) is 3.42 Å². The van der Waals surface area contributed by atoms with Gasteiger partial charge in [0.25, 0.3) is 0 Å². The van der Waals surface area contributed by atoms with Crippen LogP contribution in [0, 0.1) is 0 Å². The van der Waals surface area contributed by atoms with E-state index in [1.54, 1.807) is 6.26 Å². The lowest BCUT2D eigenvalue weighted by atomic mass is 10.2. The molecule has 0 unspecified atom stereocenters. The average molecular weight is 237 g/mol. The summed E-state index contributed by atoms with van der Waals surface area (Å²) in [4.78, 5) is 4.01. The molecule has 1 aromatic heterocycles. The molecule has 50 valence electrons. The van der Waals surface area contributed by atoms with E-state index in [4.69, 9.17) is 4.42 Å². The highest BCUT2D eigenvalue weighted by molar-refractivity contribution is 14.1. The Morgan fingerprint density at radius 3 is 2.56 bits per heavy atom. The van der Waals surface area contributed by atoms with Crippen molar-refractivity contribution in [2.75, 3.05) is 0 Å². The normalized spacial score (nSPS) is 11.9. The molecule has 0 saturated carbocycles. The zero-order valence-electron chi connectivity index (χ0n) is 5.39. The Morgan fingerprint density at radius 2 is 2.33 bits per heavy atom. The largest absolute Gasteiger partial charge is 0.451 e. The maximum absolute atomic E-state index is 4.83. The van der Waals surface area contributed by atoms with Crippen LogP contribution in [0.5, 0.6) is 0 Å². The fourth-order valence-corrected chi connectivity index (χ4v) is 0.773. The van der Waals surface area contributed by atoms with Crippen molar-refractivity contribution in [2.45, 2.75) is 17.3 Å². The lowest BCUT2D eigenvalue weighted by Gasteiger charge is -2.10. The molecule has 0 aliphatic carbocycles. The summed E-state index contributed by atoms with van der Waals surface area (Å²) < 4.78 is 4.91. The van der Waals surface area contributed by atoms with Gasteiger partial charge in [-0.25, -0.2) is 4.98 Å². The molecule has 3 heteroatoms. The second-order valence-corrected chi connectivity index (χ2v) is 5.04. The molecule has 2 nitrogen and oxygen atoms in total. The molecular formula is C6H8INO. The van der Waals surface area contributed by atoms with E-state index in [0.29, 0.717) is 0 Å². The number of halogens is 1. The van der Waals surface area contributed by atoms with Crippen molar-refractivity contribution in [3.63, 3.8) is 0 Å². The molecule has 9 heavy (non-hydrogen) atoms. The Hall–Kier alpha value is -0.0600. The smallest absolute Gasteiger partial charge is 0.180 e. The van der Waals surface area contributed by atoms with Crippen molar-refractivity contribution >= 4 is 22.6 Å². The number of rotatable bonds is 1. The summed E-state index contributed by atoms with van der Waals surface area (Å²) in [7, 11) is 0. The fourth-order valence-electron chi connectivity index (χ4n) is 0.506. The topological polar surface area (TPSA) is 26.0 Å². The molecule has 1 rings (SSSR count). The third kappa shape index (κ3) is 1.67. The Kier molecular flexibility index (Phi) is 1.79. The number of aromatic nitrogens is 1. The molecule has 0 atom stereocenters. The molecule has 0 N–H and O–H groups in total. The van der Waals surface area contributed by atoms with Crippen LogP contribution >= 0.6 is 22.6 Å². The second kappa shape index (κ2) is 2.28. The maximum atomic E-state index is 4.83. The van der Waals surface area contributed by atoms with Crippen molar-refractivity contribution in [1.82, 2.24) is 4.98 Å². The van der Waals surface area contributed by atoms with Crippen LogP contribution in [0.3, 0.4) is 0 Å². The third-order valence-corrected chi connectivity index (χ3v) is 1.59. The van der Waals surface area contributed by atoms with E-state index >= 15 is 0 Å². The van der Waals surface area contributed by atoms with Crippen LogP contribution in [-0.4, -0.2) is 4.98 Å². The van der Waals surface area contributed by atoms with Crippen molar-refractivity contribution in [1.29, 1.82) is 0 Å². The van der Waals surface area contributed by atoms with Gasteiger partial charge >= 0.3 is 0 Å². The maximum Gasteiger partial charge on any atom is 0.180 e. The van der Waals surface area contributed by atoms with E-state index in [1.165, 1.54) is 6.39 Å². The first-order chi connectivity index (χ1) is 4.11. The van der Waals surface area contributed by atoms with Gasteiger partial charge in [-0.05, 0) is 13.8 Å². The summed E-state index contributed by atoms with van der Waals surface area (Å²) in [6.07, 6.45) is 3.13. The molecule has 0 aromatic carbocycles. The van der Waals surface area contributed by atoms with Crippen molar-refractivity contribution in [3.8, 4) is 0 Å². The number of nitrogens with zero attached hydrogens (tertiary/aromatic N) is 1. The number of oxazole rings is 1. The quantitative estimate of drug-likeness (QED) is 0.553. The predicted octanol–water partition coefficient (Wildman–Crippen LogP) is 2.34. The molecular weight excluding hydrogens is 229 g/mol. The minimum absolute atomic E-state index is 0.0881. The fraction of sp³-hybridized carbons (Fsp3) is 0.500. The van der Waals surface area contributed by atoms with Gasteiger partial charge in [-0.2, -0.15) is 0 Å². The van der Waals surface area contributed by atoms with Gasteiger partial charge in [-0.15, -0.1) is 0 Å². The molecule has 0 amide bonds. The van der Waals surface area contributed by atoms with Gasteiger partial charge in [0.1, 0.15) is 6.26 Å². The van der Waals surface area contributed by atoms with Crippen molar-refractivity contribution in [2.24, 2.45) is 0 Å². The molecule has 0 bridgehead atoms. The summed E-state index contributed by atoms with van der Waals surface area (Å²) >= 11 is 2.32. The van der Waals surface area contributed by atoms with Crippen LogP contribution in [0.4, 0.5) is 0 Å². The SMILES string of the molecule is CC(C)(I)c1cocn1. The standard InChI is InChI=1S/C6H8INO/c1-6(2,7)5-3-9-4-8-5/h3-4H,1-2H3. The second-order valence-electron chi connectivity index (χ2n) is 2.35. The lowest BCUT2D eigenvalue weighted by molar-refractivity contribution is 0.555. The molecule has 0 saturated heterocycles. The zero-order chi connectivity index (χ0) is 6.91. The predicted molar refractivity (Wildman–Crippen MR) is 43.5 cm³/mol. The summed E-state index contributed by atoms with van der Waals surface area (Å²) in [5, 5.41) is 0. The monoisotopic (exact) mass is 237 g/mol. The Labute approximate surface area is 67.8 Å². The average Bonchev–Trinajstić information content (AvgIpc) is 2.08. The van der Waals surface area contributed by atoms with E-state index in [9.17, 15) is 0 Å². The van der Waals surface area contributed by atoms with Gasteiger partial charge in [0.15, 0.2) is 6.39 Å². The van der Waals surface area contributed by atoms with E-state index in [0.717, 1.165) is 5.69 Å². The summed E-state index contributed by atoms with van der Waals surface area (Å²) in [5.41, 5.74) is 0.989. The van der Waals surface area contributed by atoms with Gasteiger partial charge in [0, 0.05) is 0 Å². The van der Waals surface area contributed by atoms with Crippen LogP contribution in [0.2, 0.25) is 0 Å². The molecule has 0 fully saturated rings. The molecule has 0 aliphatic rings. The third-order valence-electron chi connectivity index (χ3n) is 1.04. The van der Waals surface area contributed by atoms with Crippen molar-refractivity contribution in [3.05, 3.63) is 18.4 Å². The van der Waals surface area contributed by atoms with E-state index in [1.807, 2.05) is 0 Å². The van der Waals surface area contributed by atoms with Gasteiger partial charge in [0.2, 0.25) is 0 Å². The first kappa shape index (κ1) is 7.05. The summed E-state index contributed by atoms with van der Waals surface area (Å²) in [5.74, 6) is 0. The van der Waals surface area contributed by atoms with Crippen LogP contribution in [-0.2, 0) is 3.42 Å². The molecule has 0 spiro atoms. The van der Waals surface area contributed by atoms with Gasteiger partial charge in [0.05, 0.1) is 9.12 Å². The summed E-state index contributed by atoms with van der Waals surface area (Å²) in [6, 6.07) is 0. The first-order valence-corrected chi connectivity index (χ1v) is 3.76. The number of alkyl halides is 1.